The molecule has 0 saturated carbocycles. The number of hydrogen-bond donors (Lipinski definition) is 1. The third kappa shape index (κ3) is 2.66. The lowest BCUT2D eigenvalue weighted by atomic mass is 10.1. The van der Waals surface area contributed by atoms with Crippen molar-refractivity contribution in [2.45, 2.75) is 6.54 Å². The highest BCUT2D eigenvalue weighted by molar-refractivity contribution is 6.29. The highest BCUT2D eigenvalue weighted by Crippen LogP contribution is 2.17. The normalized spacial score (nSPS) is 10.6. The first kappa shape index (κ1) is 11.9. The molecule has 0 bridgehead atoms. The minimum atomic E-state index is 0.498. The Bertz CT molecular complexity index is 690. The van der Waals surface area contributed by atoms with Crippen molar-refractivity contribution in [1.29, 1.82) is 0 Å². The van der Waals surface area contributed by atoms with Gasteiger partial charge in [-0.3, -0.25) is 4.98 Å². The largest absolute Gasteiger partial charge is 0.380 e. The summed E-state index contributed by atoms with van der Waals surface area (Å²) in [6.45, 7) is 0.706. The van der Waals surface area contributed by atoms with E-state index in [1.165, 1.54) is 0 Å². The number of para-hydroxylation sites is 1. The van der Waals surface area contributed by atoms with E-state index in [4.69, 9.17) is 11.6 Å². The van der Waals surface area contributed by atoms with Crippen molar-refractivity contribution in [1.82, 2.24) is 9.97 Å². The molecule has 0 amide bonds. The Labute approximate surface area is 116 Å². The van der Waals surface area contributed by atoms with E-state index in [2.05, 4.69) is 33.5 Å². The van der Waals surface area contributed by atoms with Crippen LogP contribution in [0.3, 0.4) is 0 Å². The van der Waals surface area contributed by atoms with Crippen molar-refractivity contribution < 1.29 is 0 Å². The molecule has 19 heavy (non-hydrogen) atoms. The van der Waals surface area contributed by atoms with Gasteiger partial charge in [-0.05, 0) is 23.8 Å². The van der Waals surface area contributed by atoms with Crippen LogP contribution < -0.4 is 5.32 Å². The van der Waals surface area contributed by atoms with Crippen molar-refractivity contribution in [3.05, 3.63) is 65.6 Å². The van der Waals surface area contributed by atoms with Gasteiger partial charge in [0.2, 0.25) is 0 Å². The van der Waals surface area contributed by atoms with Crippen LogP contribution in [0, 0.1) is 0 Å². The molecule has 3 rings (SSSR count). The van der Waals surface area contributed by atoms with Gasteiger partial charge < -0.3 is 5.32 Å². The second kappa shape index (κ2) is 5.24. The lowest BCUT2D eigenvalue weighted by molar-refractivity contribution is 1.14. The fourth-order valence-corrected chi connectivity index (χ4v) is 2.10. The van der Waals surface area contributed by atoms with E-state index >= 15 is 0 Å². The van der Waals surface area contributed by atoms with Gasteiger partial charge in [0, 0.05) is 18.1 Å². The average molecular weight is 270 g/mol. The predicted octanol–water partition coefficient (Wildman–Crippen LogP) is 3.90. The summed E-state index contributed by atoms with van der Waals surface area (Å²) in [6.07, 6.45) is 3.54. The molecule has 0 aliphatic rings. The molecule has 0 unspecified atom stereocenters. The zero-order valence-electron chi connectivity index (χ0n) is 10.2. The zero-order valence-corrected chi connectivity index (χ0v) is 10.9. The van der Waals surface area contributed by atoms with Gasteiger partial charge in [0.05, 0.1) is 17.4 Å². The molecule has 0 fully saturated rings. The van der Waals surface area contributed by atoms with Crippen LogP contribution >= 0.6 is 11.6 Å². The maximum Gasteiger partial charge on any atom is 0.129 e. The van der Waals surface area contributed by atoms with Crippen LogP contribution in [-0.4, -0.2) is 9.97 Å². The molecular formula is C15H12ClN3. The van der Waals surface area contributed by atoms with Gasteiger partial charge in [-0.1, -0.05) is 35.9 Å². The Morgan fingerprint density at radius 2 is 1.89 bits per heavy atom. The quantitative estimate of drug-likeness (QED) is 0.733. The average Bonchev–Trinajstić information content (AvgIpc) is 2.47. The maximum atomic E-state index is 5.76. The summed E-state index contributed by atoms with van der Waals surface area (Å²) in [5.41, 5.74) is 3.13. The molecule has 94 valence electrons. The number of fused-ring (bicyclic) bond motifs is 1. The van der Waals surface area contributed by atoms with Crippen LogP contribution in [0.5, 0.6) is 0 Å². The molecule has 0 saturated heterocycles. The van der Waals surface area contributed by atoms with Crippen molar-refractivity contribution in [2.24, 2.45) is 0 Å². The molecule has 0 radical (unpaired) electrons. The molecule has 3 aromatic rings. The molecular weight excluding hydrogens is 258 g/mol. The monoisotopic (exact) mass is 269 g/mol. The second-order valence-electron chi connectivity index (χ2n) is 4.22. The number of pyridine rings is 2. The number of nitrogens with zero attached hydrogens (tertiary/aromatic N) is 2. The zero-order chi connectivity index (χ0) is 13.1. The summed E-state index contributed by atoms with van der Waals surface area (Å²) in [6, 6.07) is 13.9. The summed E-state index contributed by atoms with van der Waals surface area (Å²) in [5, 5.41) is 4.97. The first-order valence-corrected chi connectivity index (χ1v) is 6.39. The maximum absolute atomic E-state index is 5.76. The van der Waals surface area contributed by atoms with E-state index in [0.29, 0.717) is 11.7 Å². The van der Waals surface area contributed by atoms with Gasteiger partial charge >= 0.3 is 0 Å². The topological polar surface area (TPSA) is 37.8 Å². The van der Waals surface area contributed by atoms with Crippen LogP contribution in [-0.2, 0) is 6.54 Å². The molecule has 1 N–H and O–H groups in total. The van der Waals surface area contributed by atoms with Crippen molar-refractivity contribution in [2.75, 3.05) is 5.32 Å². The van der Waals surface area contributed by atoms with E-state index in [9.17, 15) is 0 Å². The Morgan fingerprint density at radius 1 is 1.00 bits per heavy atom. The first-order valence-electron chi connectivity index (χ1n) is 6.01. The summed E-state index contributed by atoms with van der Waals surface area (Å²) in [7, 11) is 0. The van der Waals surface area contributed by atoms with Crippen molar-refractivity contribution in [3.63, 3.8) is 0 Å². The van der Waals surface area contributed by atoms with Gasteiger partial charge in [0.25, 0.3) is 0 Å². The van der Waals surface area contributed by atoms with Crippen molar-refractivity contribution >= 4 is 28.2 Å². The Kier molecular flexibility index (Phi) is 3.29. The number of benzene rings is 1. The summed E-state index contributed by atoms with van der Waals surface area (Å²) in [5.74, 6) is 0. The minimum Gasteiger partial charge on any atom is -0.380 e. The molecule has 1 aromatic carbocycles. The summed E-state index contributed by atoms with van der Waals surface area (Å²) in [4.78, 5) is 8.47. The standard InChI is InChI=1S/C15H12ClN3/c16-14-7-6-13(10-19-14)18-9-12-4-1-3-11-5-2-8-17-15(11)12/h1-8,10,18H,9H2. The summed E-state index contributed by atoms with van der Waals surface area (Å²) < 4.78 is 0. The lowest BCUT2D eigenvalue weighted by Gasteiger charge is -2.08. The third-order valence-electron chi connectivity index (χ3n) is 2.93. The second-order valence-corrected chi connectivity index (χ2v) is 4.60. The number of nitrogens with one attached hydrogen (secondary N) is 1. The van der Waals surface area contributed by atoms with E-state index in [0.717, 1.165) is 22.2 Å². The first-order chi connectivity index (χ1) is 9.33. The molecule has 0 atom stereocenters. The van der Waals surface area contributed by atoms with Crippen LogP contribution in [0.2, 0.25) is 5.15 Å². The molecule has 0 aliphatic heterocycles. The van der Waals surface area contributed by atoms with Crippen molar-refractivity contribution in [3.8, 4) is 0 Å². The van der Waals surface area contributed by atoms with E-state index in [1.807, 2.05) is 24.4 Å². The van der Waals surface area contributed by atoms with E-state index < -0.39 is 0 Å². The van der Waals surface area contributed by atoms with E-state index in [1.54, 1.807) is 12.3 Å². The fourth-order valence-electron chi connectivity index (χ4n) is 1.99. The third-order valence-corrected chi connectivity index (χ3v) is 3.15. The van der Waals surface area contributed by atoms with Gasteiger partial charge in [-0.2, -0.15) is 0 Å². The predicted molar refractivity (Wildman–Crippen MR) is 78.3 cm³/mol. The lowest BCUT2D eigenvalue weighted by Crippen LogP contribution is -2.01. The fraction of sp³-hybridized carbons (Fsp3) is 0.0667. The van der Waals surface area contributed by atoms with Crippen LogP contribution in [0.4, 0.5) is 5.69 Å². The number of aromatic nitrogens is 2. The minimum absolute atomic E-state index is 0.498. The molecule has 0 aliphatic carbocycles. The highest BCUT2D eigenvalue weighted by Gasteiger charge is 2.01. The van der Waals surface area contributed by atoms with Crippen LogP contribution in [0.15, 0.2) is 54.9 Å². The van der Waals surface area contributed by atoms with Gasteiger partial charge in [-0.25, -0.2) is 4.98 Å². The highest BCUT2D eigenvalue weighted by atomic mass is 35.5. The summed E-state index contributed by atoms with van der Waals surface area (Å²) >= 11 is 5.76. The molecule has 2 aromatic heterocycles. The van der Waals surface area contributed by atoms with Crippen LogP contribution in [0.1, 0.15) is 5.56 Å². The van der Waals surface area contributed by atoms with E-state index in [-0.39, 0.29) is 0 Å². The number of hydrogen-bond acceptors (Lipinski definition) is 3. The Morgan fingerprint density at radius 3 is 2.74 bits per heavy atom. The molecule has 3 nitrogen and oxygen atoms in total. The number of anilines is 1. The van der Waals surface area contributed by atoms with Gasteiger partial charge in [0.1, 0.15) is 5.15 Å². The smallest absolute Gasteiger partial charge is 0.129 e. The SMILES string of the molecule is Clc1ccc(NCc2cccc3cccnc23)cn1. The Balaban J connectivity index is 1.84. The molecule has 0 spiro atoms. The number of rotatable bonds is 3. The van der Waals surface area contributed by atoms with Crippen LogP contribution in [0.25, 0.3) is 10.9 Å². The van der Waals surface area contributed by atoms with Gasteiger partial charge in [-0.15, -0.1) is 0 Å². The number of halogens is 1. The molecule has 4 heteroatoms. The molecule has 2 heterocycles. The Hall–Kier alpha value is -2.13. The van der Waals surface area contributed by atoms with Gasteiger partial charge in [0.15, 0.2) is 0 Å².